The molecule has 1 aromatic heterocycles. The molecule has 0 aromatic carbocycles. The first kappa shape index (κ1) is 13.2. The van der Waals surface area contributed by atoms with E-state index in [2.05, 4.69) is 4.98 Å². The summed E-state index contributed by atoms with van der Waals surface area (Å²) in [6.07, 6.45) is 6.86. The zero-order chi connectivity index (χ0) is 13.1. The Bertz CT molecular complexity index is 479. The molecule has 1 atom stereocenters. The number of methoxy groups -OCH3 is 1. The Morgan fingerprint density at radius 1 is 1.56 bits per heavy atom. The Hall–Kier alpha value is -1.20. The van der Waals surface area contributed by atoms with Gasteiger partial charge in [-0.15, -0.1) is 0 Å². The molecule has 0 saturated carbocycles. The summed E-state index contributed by atoms with van der Waals surface area (Å²) in [4.78, 5) is 4.42. The predicted octanol–water partition coefficient (Wildman–Crippen LogP) is 1.86. The average molecular weight is 265 g/mol. The van der Waals surface area contributed by atoms with Crippen LogP contribution in [0.4, 0.5) is 0 Å². The molecule has 0 spiro atoms. The summed E-state index contributed by atoms with van der Waals surface area (Å²) in [5.74, 6) is 2.40. The number of imidazole rings is 1. The number of aromatic nitrogens is 2. The van der Waals surface area contributed by atoms with Crippen molar-refractivity contribution in [2.75, 3.05) is 12.9 Å². The Labute approximate surface area is 111 Å². The molecule has 1 unspecified atom stereocenters. The molecule has 0 bridgehead atoms. The van der Waals surface area contributed by atoms with E-state index in [1.54, 1.807) is 31.0 Å². The van der Waals surface area contributed by atoms with Gasteiger partial charge in [-0.25, -0.2) is 4.98 Å². The number of thioether (sulfide) groups is 1. The first-order chi connectivity index (χ1) is 8.60. The van der Waals surface area contributed by atoms with Crippen LogP contribution in [0.15, 0.2) is 35.3 Å². The van der Waals surface area contributed by atoms with E-state index in [4.69, 9.17) is 4.74 Å². The second kappa shape index (κ2) is 5.63. The van der Waals surface area contributed by atoms with Gasteiger partial charge in [0.15, 0.2) is 5.16 Å². The van der Waals surface area contributed by atoms with Gasteiger partial charge < -0.3 is 14.4 Å². The van der Waals surface area contributed by atoms with Crippen LogP contribution in [-0.4, -0.2) is 33.6 Å². The van der Waals surface area contributed by atoms with Crippen molar-refractivity contribution in [3.63, 3.8) is 0 Å². The van der Waals surface area contributed by atoms with E-state index < -0.39 is 6.10 Å². The van der Waals surface area contributed by atoms with Crippen LogP contribution in [0.2, 0.25) is 0 Å². The normalized spacial score (nSPS) is 20.0. The van der Waals surface area contributed by atoms with E-state index in [0.717, 1.165) is 22.5 Å². The fourth-order valence-electron chi connectivity index (χ4n) is 1.76. The van der Waals surface area contributed by atoms with Gasteiger partial charge in [-0.2, -0.15) is 0 Å². The van der Waals surface area contributed by atoms with Crippen molar-refractivity contribution in [2.24, 2.45) is 7.05 Å². The average Bonchev–Trinajstić information content (AvgIpc) is 2.67. The minimum Gasteiger partial charge on any atom is -0.497 e. The third-order valence-electron chi connectivity index (χ3n) is 2.71. The maximum atomic E-state index is 9.87. The zero-order valence-electron chi connectivity index (χ0n) is 10.8. The number of hydrogen-bond donors (Lipinski definition) is 1. The van der Waals surface area contributed by atoms with Crippen molar-refractivity contribution in [2.45, 2.75) is 18.2 Å². The summed E-state index contributed by atoms with van der Waals surface area (Å²) < 4.78 is 7.15. The van der Waals surface area contributed by atoms with Crippen LogP contribution in [0.5, 0.6) is 0 Å². The Kier molecular flexibility index (Phi) is 4.14. The fourth-order valence-corrected chi connectivity index (χ4v) is 2.77. The lowest BCUT2D eigenvalue weighted by Gasteiger charge is -2.20. The minimum atomic E-state index is -0.530. The maximum absolute atomic E-state index is 9.87. The number of nitrogens with zero attached hydrogens (tertiary/aromatic N) is 2. The standard InChI is InChI=1S/C13H17N2O2S/c1-9-7-15(2)13(14-9)18-8-10-6-11(17-3)4-5-12(10)16/h4-7,12,16H,8H2,1-3H3. The van der Waals surface area contributed by atoms with E-state index in [-0.39, 0.29) is 0 Å². The monoisotopic (exact) mass is 265 g/mol. The van der Waals surface area contributed by atoms with Crippen LogP contribution in [0, 0.1) is 12.8 Å². The van der Waals surface area contributed by atoms with Crippen LogP contribution >= 0.6 is 11.8 Å². The van der Waals surface area contributed by atoms with Crippen molar-refractivity contribution in [3.8, 4) is 0 Å². The summed E-state index contributed by atoms with van der Waals surface area (Å²) in [6.45, 7) is 1.97. The van der Waals surface area contributed by atoms with Crippen LogP contribution in [-0.2, 0) is 11.8 Å². The van der Waals surface area contributed by atoms with Gasteiger partial charge in [0, 0.05) is 24.9 Å². The van der Waals surface area contributed by atoms with Gasteiger partial charge in [0.1, 0.15) is 5.76 Å². The van der Waals surface area contributed by atoms with Crippen LogP contribution in [0.1, 0.15) is 5.69 Å². The molecular weight excluding hydrogens is 248 g/mol. The van der Waals surface area contributed by atoms with Crippen molar-refractivity contribution >= 4 is 11.8 Å². The predicted molar refractivity (Wildman–Crippen MR) is 72.2 cm³/mol. The zero-order valence-corrected chi connectivity index (χ0v) is 11.6. The molecule has 1 aliphatic carbocycles. The summed E-state index contributed by atoms with van der Waals surface area (Å²) in [6, 6.07) is 0. The molecule has 0 fully saturated rings. The summed E-state index contributed by atoms with van der Waals surface area (Å²) in [5.41, 5.74) is 1.00. The van der Waals surface area contributed by atoms with Crippen LogP contribution < -0.4 is 0 Å². The molecule has 2 rings (SSSR count). The van der Waals surface area contributed by atoms with Crippen LogP contribution in [0.25, 0.3) is 0 Å². The van der Waals surface area contributed by atoms with E-state index in [9.17, 15) is 5.11 Å². The Morgan fingerprint density at radius 3 is 2.94 bits per heavy atom. The third-order valence-corrected chi connectivity index (χ3v) is 3.82. The third kappa shape index (κ3) is 2.97. The number of rotatable bonds is 4. The van der Waals surface area contributed by atoms with Crippen molar-refractivity contribution in [1.82, 2.24) is 9.55 Å². The van der Waals surface area contributed by atoms with Gasteiger partial charge in [-0.1, -0.05) is 17.8 Å². The molecule has 4 nitrogen and oxygen atoms in total. The molecule has 18 heavy (non-hydrogen) atoms. The van der Waals surface area contributed by atoms with Gasteiger partial charge in [0.05, 0.1) is 18.9 Å². The molecule has 1 aromatic rings. The number of aliphatic hydroxyl groups is 1. The van der Waals surface area contributed by atoms with Gasteiger partial charge >= 0.3 is 0 Å². The Balaban J connectivity index is 1.99. The first-order valence-corrected chi connectivity index (χ1v) is 6.69. The highest BCUT2D eigenvalue weighted by atomic mass is 32.2. The second-order valence-electron chi connectivity index (χ2n) is 4.19. The smallest absolute Gasteiger partial charge is 0.167 e. The summed E-state index contributed by atoms with van der Waals surface area (Å²) in [7, 11) is 3.60. The van der Waals surface area contributed by atoms with Gasteiger partial charge in [0.2, 0.25) is 0 Å². The molecule has 0 amide bonds. The van der Waals surface area contributed by atoms with E-state index >= 15 is 0 Å². The van der Waals surface area contributed by atoms with E-state index in [0.29, 0.717) is 5.75 Å². The fraction of sp³-hybridized carbons (Fsp3) is 0.385. The molecule has 97 valence electrons. The highest BCUT2D eigenvalue weighted by Crippen LogP contribution is 2.27. The van der Waals surface area contributed by atoms with Crippen LogP contribution in [0.3, 0.4) is 0 Å². The van der Waals surface area contributed by atoms with Crippen molar-refractivity contribution in [1.29, 1.82) is 0 Å². The van der Waals surface area contributed by atoms with Gasteiger partial charge in [-0.3, -0.25) is 0 Å². The highest BCUT2D eigenvalue weighted by molar-refractivity contribution is 7.99. The largest absolute Gasteiger partial charge is 0.497 e. The lowest BCUT2D eigenvalue weighted by Crippen LogP contribution is -2.19. The quantitative estimate of drug-likeness (QED) is 0.844. The molecule has 1 heterocycles. The van der Waals surface area contributed by atoms with Gasteiger partial charge in [0.25, 0.3) is 0 Å². The number of aliphatic hydroxyl groups excluding tert-OH is 1. The summed E-state index contributed by atoms with van der Waals surface area (Å²) in [5, 5.41) is 10.8. The number of hydrogen-bond acceptors (Lipinski definition) is 4. The van der Waals surface area contributed by atoms with E-state index in [1.165, 1.54) is 0 Å². The number of aryl methyl sites for hydroxylation is 2. The Morgan fingerprint density at radius 2 is 2.33 bits per heavy atom. The maximum Gasteiger partial charge on any atom is 0.167 e. The molecule has 1 N–H and O–H groups in total. The molecule has 1 aliphatic rings. The van der Waals surface area contributed by atoms with Gasteiger partial charge in [-0.05, 0) is 19.1 Å². The second-order valence-corrected chi connectivity index (χ2v) is 5.14. The SMILES string of the molecule is COC1=C[C](CSc2nc(C)cn2C)C(O)C=C1. The van der Waals surface area contributed by atoms with E-state index in [1.807, 2.05) is 30.8 Å². The molecule has 5 heteroatoms. The summed E-state index contributed by atoms with van der Waals surface area (Å²) >= 11 is 1.61. The van der Waals surface area contributed by atoms with Crippen molar-refractivity contribution in [3.05, 3.63) is 41.8 Å². The molecular formula is C13H17N2O2S. The lowest BCUT2D eigenvalue weighted by atomic mass is 9.99. The lowest BCUT2D eigenvalue weighted by molar-refractivity contribution is 0.234. The number of ether oxygens (including phenoxy) is 1. The molecule has 0 saturated heterocycles. The van der Waals surface area contributed by atoms with Crippen molar-refractivity contribution < 1.29 is 9.84 Å². The topological polar surface area (TPSA) is 47.3 Å². The highest BCUT2D eigenvalue weighted by Gasteiger charge is 2.21. The molecule has 0 aliphatic heterocycles. The first-order valence-electron chi connectivity index (χ1n) is 5.70. The minimum absolute atomic E-state index is 0.530. The number of allylic oxidation sites excluding steroid dienone is 1. The molecule has 1 radical (unpaired) electrons.